The van der Waals surface area contributed by atoms with Gasteiger partial charge in [0.1, 0.15) is 13.2 Å². The zero-order chi connectivity index (χ0) is 45.8. The number of ether oxygens (including phenoxy) is 4. The Labute approximate surface area is 382 Å². The number of nitrogens with one attached hydrogen (secondary N) is 3. The molecule has 4 aliphatic heterocycles. The third-order valence-corrected chi connectivity index (χ3v) is 13.5. The van der Waals surface area contributed by atoms with Crippen LogP contribution in [0.2, 0.25) is 0 Å². The molecule has 4 N–H and O–H groups in total. The van der Waals surface area contributed by atoms with Crippen LogP contribution in [0.3, 0.4) is 0 Å². The molecule has 3 amide bonds. The number of hydrogen-bond donors (Lipinski definition) is 5. The topological polar surface area (TPSA) is 185 Å². The minimum atomic E-state index is -4.71. The molecule has 0 bridgehead atoms. The summed E-state index contributed by atoms with van der Waals surface area (Å²) in [6.45, 7) is 4.41. The van der Waals surface area contributed by atoms with Crippen molar-refractivity contribution >= 4 is 68.9 Å². The van der Waals surface area contributed by atoms with Crippen molar-refractivity contribution in [3.8, 4) is 23.0 Å². The summed E-state index contributed by atoms with van der Waals surface area (Å²) >= 11 is 4.58. The lowest BCUT2D eigenvalue weighted by Crippen LogP contribution is -2.49. The number of carbonyl (C=O) groups excluding carboxylic acids is 3. The predicted molar refractivity (Wildman–Crippen MR) is 251 cm³/mol. The van der Waals surface area contributed by atoms with Gasteiger partial charge in [0.2, 0.25) is 5.91 Å². The maximum atomic E-state index is 14.2. The number of thiol groups is 1. The summed E-state index contributed by atoms with van der Waals surface area (Å²) in [4.78, 5) is 44.7. The molecule has 0 aliphatic carbocycles. The molecule has 0 saturated heterocycles. The van der Waals surface area contributed by atoms with Gasteiger partial charge in [-0.15, -0.1) is 0 Å². The van der Waals surface area contributed by atoms with Crippen LogP contribution in [0.4, 0.5) is 28.4 Å². The number of hydrogen-bond acceptors (Lipinski definition) is 12. The summed E-state index contributed by atoms with van der Waals surface area (Å²) in [7, 11) is -1.76. The summed E-state index contributed by atoms with van der Waals surface area (Å²) < 4.78 is 60.0. The van der Waals surface area contributed by atoms with Gasteiger partial charge in [-0.3, -0.25) is 18.9 Å². The molecule has 9 rings (SSSR count). The Morgan fingerprint density at radius 2 is 1.34 bits per heavy atom. The van der Waals surface area contributed by atoms with Crippen molar-refractivity contribution in [3.63, 3.8) is 0 Å². The minimum absolute atomic E-state index is 0.0393. The number of para-hydroxylation sites is 2. The van der Waals surface area contributed by atoms with Crippen LogP contribution < -0.4 is 44.7 Å². The average Bonchev–Trinajstić information content (AvgIpc) is 3.77. The second-order valence-electron chi connectivity index (χ2n) is 17.3. The van der Waals surface area contributed by atoms with E-state index in [0.29, 0.717) is 58.2 Å². The Bertz CT molecular complexity index is 2850. The summed E-state index contributed by atoms with van der Waals surface area (Å²) in [5, 5.41) is 7.84. The molecule has 0 fully saturated rings. The van der Waals surface area contributed by atoms with E-state index in [2.05, 4.69) is 34.6 Å². The van der Waals surface area contributed by atoms with E-state index >= 15 is 0 Å². The highest BCUT2D eigenvalue weighted by molar-refractivity contribution is 7.86. The fraction of sp³-hybridized carbons (Fsp3) is 0.312. The lowest BCUT2D eigenvalue weighted by Gasteiger charge is -2.27. The highest BCUT2D eigenvalue weighted by atomic mass is 32.2. The highest BCUT2D eigenvalue weighted by Crippen LogP contribution is 2.44. The molecule has 338 valence electrons. The molecule has 5 aromatic carbocycles. The first-order valence-electron chi connectivity index (χ1n) is 21.2. The number of nitrogens with zero attached hydrogens (tertiary/aromatic N) is 2. The van der Waals surface area contributed by atoms with Gasteiger partial charge in [0, 0.05) is 46.9 Å². The highest BCUT2D eigenvalue weighted by Gasteiger charge is 2.47. The Morgan fingerprint density at radius 3 is 1.94 bits per heavy atom. The summed E-state index contributed by atoms with van der Waals surface area (Å²) in [5.41, 5.74) is 6.53. The fourth-order valence-corrected chi connectivity index (χ4v) is 10.1. The molecule has 65 heavy (non-hydrogen) atoms. The number of fused-ring (bicyclic) bond motifs is 8. The van der Waals surface area contributed by atoms with Crippen molar-refractivity contribution in [2.75, 3.05) is 46.5 Å². The van der Waals surface area contributed by atoms with Gasteiger partial charge in [0.05, 0.1) is 48.8 Å². The summed E-state index contributed by atoms with van der Waals surface area (Å²) in [5.74, 6) is 0.374. The second kappa shape index (κ2) is 17.2. The van der Waals surface area contributed by atoms with Crippen molar-refractivity contribution in [2.24, 2.45) is 0 Å². The van der Waals surface area contributed by atoms with Crippen LogP contribution in [-0.2, 0) is 41.0 Å². The van der Waals surface area contributed by atoms with Gasteiger partial charge in [-0.2, -0.15) is 21.0 Å². The van der Waals surface area contributed by atoms with E-state index in [9.17, 15) is 27.4 Å². The molecule has 4 heterocycles. The first-order chi connectivity index (χ1) is 31.1. The van der Waals surface area contributed by atoms with Crippen LogP contribution >= 0.6 is 12.6 Å². The predicted octanol–water partition coefficient (Wildman–Crippen LogP) is 7.50. The van der Waals surface area contributed by atoms with Gasteiger partial charge in [0.15, 0.2) is 28.4 Å². The van der Waals surface area contributed by atoms with Crippen LogP contribution in [0, 0.1) is 0 Å². The first kappa shape index (κ1) is 43.8. The number of amides is 3. The van der Waals surface area contributed by atoms with Crippen LogP contribution in [0.1, 0.15) is 69.7 Å². The molecule has 5 aromatic rings. The van der Waals surface area contributed by atoms with E-state index in [1.807, 2.05) is 55.1 Å². The SMILES string of the molecule is COc1cc2c(cc1OCc1cc(COc3cc4c(cc3OC)C(=O)N3c5ccccc5C[C@H]3CN4)cc(NC(=O)CCC(C)(C)S)c1)N[C@H](S(=O)(=O)O)C1Cc3ccccc3N1C2=O. The van der Waals surface area contributed by atoms with Crippen molar-refractivity contribution in [3.05, 3.63) is 124 Å². The lowest BCUT2D eigenvalue weighted by molar-refractivity contribution is -0.116. The van der Waals surface area contributed by atoms with Crippen molar-refractivity contribution in [1.82, 2.24) is 0 Å². The zero-order valence-electron chi connectivity index (χ0n) is 36.2. The normalized spacial score (nSPS) is 18.3. The fourth-order valence-electron chi connectivity index (χ4n) is 9.08. The average molecular weight is 920 g/mol. The summed E-state index contributed by atoms with van der Waals surface area (Å²) in [6, 6.07) is 26.0. The van der Waals surface area contributed by atoms with Gasteiger partial charge in [0.25, 0.3) is 21.9 Å². The molecule has 15 nitrogen and oxygen atoms in total. The third kappa shape index (κ3) is 8.75. The number of anilines is 5. The zero-order valence-corrected chi connectivity index (χ0v) is 37.9. The third-order valence-electron chi connectivity index (χ3n) is 12.2. The van der Waals surface area contributed by atoms with Gasteiger partial charge < -0.3 is 44.7 Å². The Hall–Kier alpha value is -6.43. The smallest absolute Gasteiger partial charge is 0.288 e. The van der Waals surface area contributed by atoms with Crippen molar-refractivity contribution in [2.45, 2.75) is 74.9 Å². The minimum Gasteiger partial charge on any atom is -0.493 e. The largest absolute Gasteiger partial charge is 0.493 e. The molecule has 0 saturated carbocycles. The maximum Gasteiger partial charge on any atom is 0.288 e. The van der Waals surface area contributed by atoms with Crippen LogP contribution in [0.5, 0.6) is 23.0 Å². The van der Waals surface area contributed by atoms with Gasteiger partial charge in [-0.25, -0.2) is 0 Å². The molecular weight excluding hydrogens is 871 g/mol. The molecule has 4 aliphatic rings. The molecule has 0 spiro atoms. The van der Waals surface area contributed by atoms with Crippen molar-refractivity contribution in [1.29, 1.82) is 0 Å². The molecule has 0 radical (unpaired) electrons. The quantitative estimate of drug-likeness (QED) is 0.0580. The molecule has 3 atom stereocenters. The lowest BCUT2D eigenvalue weighted by atomic mass is 10.1. The monoisotopic (exact) mass is 919 g/mol. The van der Waals surface area contributed by atoms with Gasteiger partial charge in [-0.1, -0.05) is 50.2 Å². The van der Waals surface area contributed by atoms with E-state index in [-0.39, 0.29) is 71.4 Å². The first-order valence-corrected chi connectivity index (χ1v) is 23.2. The Kier molecular flexibility index (Phi) is 11.6. The molecule has 17 heteroatoms. The number of rotatable bonds is 13. The van der Waals surface area contributed by atoms with Gasteiger partial charge >= 0.3 is 0 Å². The van der Waals surface area contributed by atoms with Crippen LogP contribution in [0.15, 0.2) is 91.0 Å². The van der Waals surface area contributed by atoms with Gasteiger partial charge in [-0.05, 0) is 84.0 Å². The standard InChI is InChI=1S/C48H49N5O10S2/c1-48(2,64)14-13-44(54)50-31-16-27(25-62-42-22-35-33(20-40(42)60-3)46(55)52-32(24-49-35)18-29-9-5-7-11-37(29)52)15-28(17-31)26-63-43-23-36-34(21-41(43)61-4)47(56)53-38-12-8-6-10-30(38)19-39(53)45(51-36)65(57,58)59/h5-12,15-17,20-23,32,39,45,49,51,64H,13-14,18-19,24-26H2,1-4H3,(H,50,54)(H,57,58,59)/t32-,39?,45+/m0/s1. The van der Waals surface area contributed by atoms with E-state index < -0.39 is 27.4 Å². The Morgan fingerprint density at radius 1 is 0.785 bits per heavy atom. The van der Waals surface area contributed by atoms with E-state index in [1.165, 1.54) is 31.3 Å². The van der Waals surface area contributed by atoms with E-state index in [0.717, 1.165) is 23.2 Å². The van der Waals surface area contributed by atoms with Crippen molar-refractivity contribution < 1.29 is 46.3 Å². The molecule has 0 aromatic heterocycles. The Balaban J connectivity index is 0.993. The summed E-state index contributed by atoms with van der Waals surface area (Å²) in [6.07, 6.45) is 1.73. The molecule has 1 unspecified atom stereocenters. The number of benzene rings is 5. The maximum absolute atomic E-state index is 14.2. The number of carbonyl (C=O) groups is 3. The van der Waals surface area contributed by atoms with Crippen LogP contribution in [0.25, 0.3) is 0 Å². The van der Waals surface area contributed by atoms with Crippen LogP contribution in [-0.4, -0.2) is 73.7 Å². The second-order valence-corrected chi connectivity index (χ2v) is 20.0. The van der Waals surface area contributed by atoms with E-state index in [1.54, 1.807) is 36.4 Å². The van der Waals surface area contributed by atoms with E-state index in [4.69, 9.17) is 18.9 Å². The molecular formula is C48H49N5O10S2. The number of methoxy groups -OCH3 is 2.